The van der Waals surface area contributed by atoms with E-state index in [1.807, 2.05) is 37.4 Å². The third-order valence-corrected chi connectivity index (χ3v) is 2.13. The predicted octanol–water partition coefficient (Wildman–Crippen LogP) is 1.48. The first-order valence-electron chi connectivity index (χ1n) is 4.77. The van der Waals surface area contributed by atoms with Gasteiger partial charge in [-0.05, 0) is 5.56 Å². The molecule has 0 saturated heterocycles. The predicted molar refractivity (Wildman–Crippen MR) is 63.8 cm³/mol. The lowest BCUT2D eigenvalue weighted by molar-refractivity contribution is 0.638. The van der Waals surface area contributed by atoms with Crippen LogP contribution in [-0.2, 0) is 0 Å². The number of hydrogen-bond acceptors (Lipinski definition) is 3. The molecule has 0 bridgehead atoms. The molecule has 0 aliphatic heterocycles. The van der Waals surface area contributed by atoms with Gasteiger partial charge < -0.3 is 16.4 Å². The first-order chi connectivity index (χ1) is 7.15. The summed E-state index contributed by atoms with van der Waals surface area (Å²) in [5.41, 5.74) is 7.50. The largest absolute Gasteiger partial charge is 0.390 e. The maximum Gasteiger partial charge on any atom is 0.0919 e. The van der Waals surface area contributed by atoms with Crippen molar-refractivity contribution in [3.05, 3.63) is 60.6 Å². The third-order valence-electron chi connectivity index (χ3n) is 2.13. The van der Waals surface area contributed by atoms with Crippen LogP contribution in [0.1, 0.15) is 11.6 Å². The Kier molecular flexibility index (Phi) is 3.80. The highest BCUT2D eigenvalue weighted by Gasteiger charge is 2.12. The number of nitrogens with two attached hydrogens (primary N) is 1. The van der Waals surface area contributed by atoms with Crippen molar-refractivity contribution < 1.29 is 0 Å². The van der Waals surface area contributed by atoms with Gasteiger partial charge in [-0.25, -0.2) is 0 Å². The smallest absolute Gasteiger partial charge is 0.0919 e. The molecule has 3 heteroatoms. The normalized spacial score (nSPS) is 11.5. The summed E-state index contributed by atoms with van der Waals surface area (Å²) >= 11 is 0. The highest BCUT2D eigenvalue weighted by molar-refractivity contribution is 5.27. The molecule has 3 nitrogen and oxygen atoms in total. The molecule has 0 aliphatic carbocycles. The van der Waals surface area contributed by atoms with E-state index in [4.69, 9.17) is 5.73 Å². The Morgan fingerprint density at radius 1 is 1.27 bits per heavy atom. The van der Waals surface area contributed by atoms with E-state index >= 15 is 0 Å². The molecule has 0 aliphatic rings. The van der Waals surface area contributed by atoms with E-state index in [0.29, 0.717) is 5.82 Å². The molecule has 0 unspecified atom stereocenters. The number of nitrogens with one attached hydrogen (secondary N) is 2. The lowest BCUT2D eigenvalue weighted by Gasteiger charge is -2.22. The van der Waals surface area contributed by atoms with Crippen LogP contribution in [0.3, 0.4) is 0 Å². The fraction of sp³-hybridized carbons (Fsp3) is 0.167. The second-order valence-corrected chi connectivity index (χ2v) is 3.29. The Morgan fingerprint density at radius 3 is 2.33 bits per heavy atom. The molecule has 0 aromatic heterocycles. The standard InChI is InChI=1S/C12H17N3/c1-9(14-3)12(15-10(2)13)11-7-5-4-6-8-11/h4-8,12,14-15H,1-2,13H2,3H3/t12-/m0/s1. The van der Waals surface area contributed by atoms with Crippen molar-refractivity contribution >= 4 is 0 Å². The average molecular weight is 203 g/mol. The number of rotatable bonds is 5. The van der Waals surface area contributed by atoms with Crippen LogP contribution >= 0.6 is 0 Å². The molecule has 1 aromatic rings. The molecule has 0 fully saturated rings. The zero-order chi connectivity index (χ0) is 11.3. The van der Waals surface area contributed by atoms with E-state index in [2.05, 4.69) is 23.8 Å². The second kappa shape index (κ2) is 5.10. The molecule has 4 N–H and O–H groups in total. The molecule has 1 aromatic carbocycles. The van der Waals surface area contributed by atoms with Crippen LogP contribution < -0.4 is 16.4 Å². The SMILES string of the molecule is C=C(N)N[C@@H](C(=C)NC)c1ccccc1. The Hall–Kier alpha value is -1.90. The minimum absolute atomic E-state index is 0.0475. The summed E-state index contributed by atoms with van der Waals surface area (Å²) in [6.07, 6.45) is 0. The van der Waals surface area contributed by atoms with Gasteiger partial charge in [0.1, 0.15) is 0 Å². The Labute approximate surface area is 90.7 Å². The minimum atomic E-state index is -0.0475. The van der Waals surface area contributed by atoms with Gasteiger partial charge in [0.2, 0.25) is 0 Å². The summed E-state index contributed by atoms with van der Waals surface area (Å²) in [6.45, 7) is 7.57. The van der Waals surface area contributed by atoms with Gasteiger partial charge in [0.05, 0.1) is 11.9 Å². The van der Waals surface area contributed by atoms with Crippen LogP contribution in [0.15, 0.2) is 55.0 Å². The highest BCUT2D eigenvalue weighted by atomic mass is 15.0. The molecule has 1 rings (SSSR count). The van der Waals surface area contributed by atoms with E-state index in [0.717, 1.165) is 11.3 Å². The Balaban J connectivity index is 2.91. The molecule has 15 heavy (non-hydrogen) atoms. The molecule has 0 amide bonds. The molecule has 0 spiro atoms. The van der Waals surface area contributed by atoms with Gasteiger partial charge >= 0.3 is 0 Å². The first-order valence-corrected chi connectivity index (χ1v) is 4.77. The van der Waals surface area contributed by atoms with Gasteiger partial charge in [0, 0.05) is 12.7 Å². The third kappa shape index (κ3) is 3.06. The van der Waals surface area contributed by atoms with Crippen molar-refractivity contribution in [1.29, 1.82) is 0 Å². The molecule has 0 radical (unpaired) electrons. The second-order valence-electron chi connectivity index (χ2n) is 3.29. The van der Waals surface area contributed by atoms with Crippen LogP contribution in [0.5, 0.6) is 0 Å². The highest BCUT2D eigenvalue weighted by Crippen LogP contribution is 2.18. The molecule has 0 saturated carbocycles. The van der Waals surface area contributed by atoms with Gasteiger partial charge in [-0.15, -0.1) is 0 Å². The minimum Gasteiger partial charge on any atom is -0.390 e. The van der Waals surface area contributed by atoms with E-state index in [1.54, 1.807) is 0 Å². The lowest BCUT2D eigenvalue weighted by atomic mass is 10.0. The molecular formula is C12H17N3. The number of benzene rings is 1. The Morgan fingerprint density at radius 2 is 1.87 bits per heavy atom. The topological polar surface area (TPSA) is 50.1 Å². The quantitative estimate of drug-likeness (QED) is 0.679. The zero-order valence-corrected chi connectivity index (χ0v) is 8.96. The summed E-state index contributed by atoms with van der Waals surface area (Å²) in [5.74, 6) is 0.431. The van der Waals surface area contributed by atoms with Gasteiger partial charge in [-0.3, -0.25) is 0 Å². The van der Waals surface area contributed by atoms with Crippen molar-refractivity contribution in [3.8, 4) is 0 Å². The van der Waals surface area contributed by atoms with Gasteiger partial charge in [0.25, 0.3) is 0 Å². The number of likely N-dealkylation sites (N-methyl/N-ethyl adjacent to an activating group) is 1. The summed E-state index contributed by atoms with van der Waals surface area (Å²) in [5, 5.41) is 6.08. The lowest BCUT2D eigenvalue weighted by Crippen LogP contribution is -2.29. The molecule has 1 atom stereocenters. The van der Waals surface area contributed by atoms with Crippen LogP contribution in [-0.4, -0.2) is 7.05 Å². The van der Waals surface area contributed by atoms with Gasteiger partial charge in [-0.1, -0.05) is 43.5 Å². The van der Waals surface area contributed by atoms with Crippen molar-refractivity contribution in [3.63, 3.8) is 0 Å². The fourth-order valence-electron chi connectivity index (χ4n) is 1.35. The summed E-state index contributed by atoms with van der Waals surface area (Å²) < 4.78 is 0. The fourth-order valence-corrected chi connectivity index (χ4v) is 1.35. The molecule has 0 heterocycles. The average Bonchev–Trinajstić information content (AvgIpc) is 2.26. The van der Waals surface area contributed by atoms with E-state index in [-0.39, 0.29) is 6.04 Å². The molecular weight excluding hydrogens is 186 g/mol. The van der Waals surface area contributed by atoms with E-state index in [9.17, 15) is 0 Å². The first kappa shape index (κ1) is 11.2. The summed E-state index contributed by atoms with van der Waals surface area (Å²) in [6, 6.07) is 9.92. The monoisotopic (exact) mass is 203 g/mol. The Bertz CT molecular complexity index is 343. The van der Waals surface area contributed by atoms with Crippen molar-refractivity contribution in [2.45, 2.75) is 6.04 Å². The number of hydrogen-bond donors (Lipinski definition) is 3. The van der Waals surface area contributed by atoms with Gasteiger partial charge in [0.15, 0.2) is 0 Å². The summed E-state index contributed by atoms with van der Waals surface area (Å²) in [7, 11) is 1.83. The van der Waals surface area contributed by atoms with E-state index in [1.165, 1.54) is 0 Å². The van der Waals surface area contributed by atoms with Crippen molar-refractivity contribution in [1.82, 2.24) is 10.6 Å². The van der Waals surface area contributed by atoms with Crippen LogP contribution in [0.25, 0.3) is 0 Å². The maximum atomic E-state index is 5.55. The van der Waals surface area contributed by atoms with Crippen LogP contribution in [0.4, 0.5) is 0 Å². The van der Waals surface area contributed by atoms with Crippen LogP contribution in [0.2, 0.25) is 0 Å². The zero-order valence-electron chi connectivity index (χ0n) is 8.96. The molecule has 80 valence electrons. The van der Waals surface area contributed by atoms with Crippen molar-refractivity contribution in [2.24, 2.45) is 5.73 Å². The van der Waals surface area contributed by atoms with Crippen LogP contribution in [0, 0.1) is 0 Å². The maximum absolute atomic E-state index is 5.55. The van der Waals surface area contributed by atoms with E-state index < -0.39 is 0 Å². The van der Waals surface area contributed by atoms with Gasteiger partial charge in [-0.2, -0.15) is 0 Å². The van der Waals surface area contributed by atoms with Crippen molar-refractivity contribution in [2.75, 3.05) is 7.05 Å². The summed E-state index contributed by atoms with van der Waals surface area (Å²) in [4.78, 5) is 0.